The van der Waals surface area contributed by atoms with Crippen molar-refractivity contribution in [2.45, 2.75) is 348 Å². The van der Waals surface area contributed by atoms with Crippen molar-refractivity contribution in [2.75, 3.05) is 0 Å². The highest BCUT2D eigenvalue weighted by Gasteiger charge is 2.25. The lowest BCUT2D eigenvalue weighted by Crippen LogP contribution is -2.13. The fourth-order valence-electron chi connectivity index (χ4n) is 10.5. The molecule has 1 aromatic carbocycles. The van der Waals surface area contributed by atoms with Gasteiger partial charge in [-0.25, -0.2) is 10.9 Å². The molecule has 66 heavy (non-hydrogen) atoms. The van der Waals surface area contributed by atoms with Gasteiger partial charge in [-0.05, 0) is 55.2 Å². The van der Waals surface area contributed by atoms with E-state index in [0.29, 0.717) is 12.8 Å². The van der Waals surface area contributed by atoms with Gasteiger partial charge in [0.2, 0.25) is 0 Å². The molecule has 1 aromatic rings. The van der Waals surface area contributed by atoms with Gasteiger partial charge >= 0.3 is 25.8 Å². The highest BCUT2D eigenvalue weighted by Crippen LogP contribution is 2.34. The van der Waals surface area contributed by atoms with E-state index in [-0.39, 0.29) is 9.13 Å². The van der Waals surface area contributed by atoms with Crippen molar-refractivity contribution >= 4 is 25.8 Å². The lowest BCUT2D eigenvalue weighted by molar-refractivity contribution is 0.0694. The smallest absolute Gasteiger partial charge is 0.342 e. The van der Waals surface area contributed by atoms with Crippen LogP contribution in [-0.4, -0.2) is 11.1 Å². The Morgan fingerprint density at radius 1 is 0.333 bits per heavy atom. The van der Waals surface area contributed by atoms with Crippen LogP contribution in [0.2, 0.25) is 0 Å². The fraction of sp³-hybridized carbons (Fsp3) is 0.885. The Morgan fingerprint density at radius 2 is 0.545 bits per heavy atom. The molecule has 0 amide bonds. The number of carbonyl (C=O) groups is 1. The Hall–Kier alpha value is -0.980. The molecular formula is C61H113IO4. The third-order valence-corrected chi connectivity index (χ3v) is 16.9. The average molecular weight is 1040 g/mol. The minimum Gasteiger partial charge on any atom is -0.478 e. The van der Waals surface area contributed by atoms with Crippen molar-refractivity contribution in [3.05, 3.63) is 31.9 Å². The second-order valence-electron chi connectivity index (χ2n) is 21.0. The van der Waals surface area contributed by atoms with Gasteiger partial charge in [0, 0.05) is 0 Å². The van der Waals surface area contributed by atoms with Gasteiger partial charge in [-0.15, -0.1) is 0 Å². The van der Waals surface area contributed by atoms with Crippen molar-refractivity contribution < 1.29 is 16.0 Å². The van der Waals surface area contributed by atoms with E-state index in [9.17, 15) is 16.0 Å². The van der Waals surface area contributed by atoms with E-state index in [0.717, 1.165) is 61.6 Å². The highest BCUT2D eigenvalue weighted by molar-refractivity contribution is 14.2. The van der Waals surface area contributed by atoms with Crippen LogP contribution in [-0.2, 0) is 25.4 Å². The van der Waals surface area contributed by atoms with E-state index in [1.54, 1.807) is 0 Å². The maximum absolute atomic E-state index is 13.0. The summed E-state index contributed by atoms with van der Waals surface area (Å²) in [5.74, 6) is -1.03. The van der Waals surface area contributed by atoms with Gasteiger partial charge in [-0.2, -0.15) is 0 Å². The van der Waals surface area contributed by atoms with E-state index >= 15 is 0 Å². The van der Waals surface area contributed by atoms with Gasteiger partial charge in [0.1, 0.15) is 0 Å². The van der Waals surface area contributed by atoms with Crippen molar-refractivity contribution in [1.29, 1.82) is 0 Å². The van der Waals surface area contributed by atoms with Gasteiger partial charge in [0.05, 0.1) is 9.13 Å². The summed E-state index contributed by atoms with van der Waals surface area (Å²) in [5.41, 5.74) is 2.92. The first kappa shape index (κ1) is 63.0. The van der Waals surface area contributed by atoms with E-state index in [1.807, 2.05) is 0 Å². The Bertz CT molecular complexity index is 1280. The van der Waals surface area contributed by atoms with Crippen LogP contribution in [0.4, 0.5) is 0 Å². The van der Waals surface area contributed by atoms with Crippen LogP contribution in [0.25, 0.3) is 0 Å². The van der Waals surface area contributed by atoms with Crippen LogP contribution in [0.15, 0.2) is 6.07 Å². The summed E-state index contributed by atoms with van der Waals surface area (Å²) in [5, 5.41) is 10.7. The van der Waals surface area contributed by atoms with Crippen molar-refractivity contribution in [3.63, 3.8) is 0 Å². The molecule has 0 heterocycles. The number of hydrogen-bond acceptors (Lipinski definition) is 3. The number of hydrogen-bond donors (Lipinski definition) is 1. The lowest BCUT2D eigenvalue weighted by Gasteiger charge is -2.18. The van der Waals surface area contributed by atoms with Crippen LogP contribution in [0.3, 0.4) is 0 Å². The number of benzene rings is 1. The molecule has 1 N–H and O–H groups in total. The van der Waals surface area contributed by atoms with Gasteiger partial charge in [-0.1, -0.05) is 316 Å². The maximum atomic E-state index is 13.0. The number of aryl methyl sites for hydroxylation is 2. The molecular weight excluding hydrogens is 924 g/mol. The molecule has 5 heteroatoms. The summed E-state index contributed by atoms with van der Waals surface area (Å²) >= 11 is -4.04. The second kappa shape index (κ2) is 49.0. The third kappa shape index (κ3) is 36.9. The molecule has 1 rings (SSSR count). The van der Waals surface area contributed by atoms with Crippen LogP contribution in [0, 0.1) is 3.57 Å². The number of rotatable bonds is 53. The zero-order valence-corrected chi connectivity index (χ0v) is 46.8. The molecule has 0 aliphatic heterocycles. The molecule has 0 bridgehead atoms. The minimum absolute atomic E-state index is 0.145. The Balaban J connectivity index is 2.64. The molecule has 0 aliphatic carbocycles. The summed E-state index contributed by atoms with van der Waals surface area (Å²) < 4.78 is 26.2. The van der Waals surface area contributed by atoms with E-state index < -0.39 is 25.8 Å². The van der Waals surface area contributed by atoms with E-state index in [2.05, 4.69) is 26.8 Å². The van der Waals surface area contributed by atoms with Crippen molar-refractivity contribution in [3.8, 4) is 0 Å². The predicted molar refractivity (Wildman–Crippen MR) is 297 cm³/mol. The highest BCUT2D eigenvalue weighted by atomic mass is 127. The monoisotopic (exact) mass is 1040 g/mol. The lowest BCUT2D eigenvalue weighted by atomic mass is 9.89. The Labute approximate surface area is 419 Å². The van der Waals surface area contributed by atoms with Crippen LogP contribution in [0.5, 0.6) is 0 Å². The molecule has 0 saturated heterocycles. The largest absolute Gasteiger partial charge is 0.478 e. The standard InChI is InChI=1S/C61H113IO4/c1-4-7-10-13-16-19-22-25-28-31-34-37-40-43-46-49-52-56-55-57(53-50-47-44-41-38-35-32-29-26-23-20-17-14-11-8-5-2)60(62(65)66)59(61(63)64)58(56)54-51-48-45-42-39-36-33-30-27-24-21-18-15-12-9-6-3/h55H,4-54H2,1-3H3,(H,63,64). The van der Waals surface area contributed by atoms with Crippen LogP contribution < -0.4 is 0 Å². The topological polar surface area (TPSA) is 71.4 Å². The molecule has 0 aliphatic rings. The molecule has 388 valence electrons. The zero-order valence-electron chi connectivity index (χ0n) is 44.7. The zero-order chi connectivity index (χ0) is 47.8. The SMILES string of the molecule is CCCCCCCCCCCCCCCCCCc1cc(CCCCCCCCCCCCCCCCCC)c(I(=O)=O)c(C(=O)O)c1CCCCCCCCCCCCCCCCCC. The first-order chi connectivity index (χ1) is 32.5. The number of carboxylic acid groups (broad SMARTS) is 1. The summed E-state index contributed by atoms with van der Waals surface area (Å²) in [6.45, 7) is 6.86. The van der Waals surface area contributed by atoms with Gasteiger partial charge in [0.15, 0.2) is 0 Å². The van der Waals surface area contributed by atoms with Gasteiger partial charge < -0.3 is 5.11 Å². The molecule has 0 fully saturated rings. The molecule has 0 radical (unpaired) electrons. The van der Waals surface area contributed by atoms with Crippen LogP contribution >= 0.6 is 19.8 Å². The molecule has 0 spiro atoms. The molecule has 4 nitrogen and oxygen atoms in total. The summed E-state index contributed by atoms with van der Waals surface area (Å²) in [4.78, 5) is 13.0. The second-order valence-corrected chi connectivity index (χ2v) is 23.4. The Kier molecular flexibility index (Phi) is 46.8. The van der Waals surface area contributed by atoms with Gasteiger partial charge in [-0.3, -0.25) is 0 Å². The predicted octanol–water partition coefficient (Wildman–Crippen LogP) is 22.2. The first-order valence-electron chi connectivity index (χ1n) is 29.9. The molecule has 0 unspecified atom stereocenters. The van der Waals surface area contributed by atoms with Crippen molar-refractivity contribution in [1.82, 2.24) is 0 Å². The summed E-state index contributed by atoms with van der Waals surface area (Å²) in [7, 11) is 0. The number of aromatic carboxylic acids is 1. The summed E-state index contributed by atoms with van der Waals surface area (Å²) in [6.07, 6.45) is 65.5. The van der Waals surface area contributed by atoms with E-state index in [1.165, 1.54) is 270 Å². The quantitative estimate of drug-likeness (QED) is 0.0521. The summed E-state index contributed by atoms with van der Waals surface area (Å²) in [6, 6.07) is 2.17. The van der Waals surface area contributed by atoms with Crippen molar-refractivity contribution in [2.24, 2.45) is 0 Å². The maximum Gasteiger partial charge on any atom is 0.342 e. The normalized spacial score (nSPS) is 11.7. The van der Waals surface area contributed by atoms with E-state index in [4.69, 9.17) is 0 Å². The van der Waals surface area contributed by atoms with Crippen LogP contribution in [0.1, 0.15) is 356 Å². The first-order valence-corrected chi connectivity index (χ1v) is 32.8. The fourth-order valence-corrected chi connectivity index (χ4v) is 12.5. The average Bonchev–Trinajstić information content (AvgIpc) is 3.31. The molecule has 0 atom stereocenters. The number of unbranched alkanes of at least 4 members (excludes halogenated alkanes) is 45. The Morgan fingerprint density at radius 3 is 0.773 bits per heavy atom. The number of halogens is 1. The minimum atomic E-state index is -4.04. The third-order valence-electron chi connectivity index (χ3n) is 14.8. The van der Waals surface area contributed by atoms with Gasteiger partial charge in [0.25, 0.3) is 0 Å². The number of carboxylic acids is 1. The molecule has 0 saturated carbocycles. The molecule has 0 aromatic heterocycles.